The lowest BCUT2D eigenvalue weighted by molar-refractivity contribution is -0.145. The maximum atomic E-state index is 13.4. The minimum Gasteiger partial charge on any atom is -0.469 e. The molecule has 1 aliphatic rings. The molecular weight excluding hydrogens is 293 g/mol. The highest BCUT2D eigenvalue weighted by Gasteiger charge is 2.29. The third-order valence-corrected chi connectivity index (χ3v) is 3.24. The zero-order chi connectivity index (χ0) is 15.9. The second kappa shape index (κ2) is 7.86. The molecule has 0 aliphatic carbocycles. The van der Waals surface area contributed by atoms with Gasteiger partial charge in [0, 0.05) is 12.2 Å². The van der Waals surface area contributed by atoms with Crippen LogP contribution in [0.3, 0.4) is 0 Å². The minimum atomic E-state index is -0.755. The van der Waals surface area contributed by atoms with Crippen molar-refractivity contribution < 1.29 is 28.2 Å². The molecule has 2 rings (SSSR count). The first kappa shape index (κ1) is 16.4. The van der Waals surface area contributed by atoms with E-state index in [4.69, 9.17) is 9.47 Å². The number of hydrogen-bond donors (Lipinski definition) is 0. The second-order valence-electron chi connectivity index (χ2n) is 4.73. The van der Waals surface area contributed by atoms with Crippen LogP contribution in [0.4, 0.5) is 10.1 Å². The van der Waals surface area contributed by atoms with Gasteiger partial charge in [-0.1, -0.05) is 6.07 Å². The van der Waals surface area contributed by atoms with Gasteiger partial charge in [-0.25, -0.2) is 4.39 Å². The molecule has 0 unspecified atom stereocenters. The monoisotopic (exact) mass is 311 g/mol. The number of methoxy groups -OCH3 is 1. The molecule has 1 aromatic carbocycles. The molecule has 1 aromatic rings. The molecule has 0 N–H and O–H groups in total. The van der Waals surface area contributed by atoms with E-state index in [1.807, 2.05) is 0 Å². The first-order chi connectivity index (χ1) is 10.6. The van der Waals surface area contributed by atoms with Gasteiger partial charge in [0.25, 0.3) is 5.91 Å². The fourth-order valence-electron chi connectivity index (χ4n) is 2.12. The van der Waals surface area contributed by atoms with E-state index < -0.39 is 17.9 Å². The van der Waals surface area contributed by atoms with Crippen LogP contribution in [-0.2, 0) is 23.8 Å². The summed E-state index contributed by atoms with van der Waals surface area (Å²) in [5, 5.41) is 0. The Bertz CT molecular complexity index is 530. The summed E-state index contributed by atoms with van der Waals surface area (Å²) in [6.07, 6.45) is -0.749. The quantitative estimate of drug-likeness (QED) is 0.763. The highest BCUT2D eigenvalue weighted by atomic mass is 19.1. The van der Waals surface area contributed by atoms with Crippen molar-refractivity contribution in [3.05, 3.63) is 30.1 Å². The highest BCUT2D eigenvalue weighted by molar-refractivity contribution is 5.97. The molecule has 0 radical (unpaired) electrons. The SMILES string of the molecule is COC(=O)CCN(C(=O)[C@H]1COCCO1)c1cccc(F)c1. The van der Waals surface area contributed by atoms with Crippen LogP contribution < -0.4 is 4.90 Å². The summed E-state index contributed by atoms with van der Waals surface area (Å²) in [4.78, 5) is 25.2. The highest BCUT2D eigenvalue weighted by Crippen LogP contribution is 2.19. The first-order valence-electron chi connectivity index (χ1n) is 6.95. The molecule has 0 bridgehead atoms. The Kier molecular flexibility index (Phi) is 5.85. The number of halogens is 1. The fourth-order valence-corrected chi connectivity index (χ4v) is 2.12. The molecule has 1 heterocycles. The van der Waals surface area contributed by atoms with Gasteiger partial charge < -0.3 is 19.1 Å². The van der Waals surface area contributed by atoms with Crippen molar-refractivity contribution in [1.82, 2.24) is 0 Å². The molecular formula is C15H18FNO5. The standard InChI is InChI=1S/C15H18FNO5/c1-20-14(18)5-6-17(12-4-2-3-11(16)9-12)15(19)13-10-21-7-8-22-13/h2-4,9,13H,5-8,10H2,1H3/t13-/m1/s1. The number of rotatable bonds is 5. The molecule has 1 aliphatic heterocycles. The van der Waals surface area contributed by atoms with Gasteiger partial charge in [0.1, 0.15) is 5.82 Å². The van der Waals surface area contributed by atoms with Gasteiger partial charge in [0.2, 0.25) is 0 Å². The molecule has 1 fully saturated rings. The van der Waals surface area contributed by atoms with E-state index in [0.29, 0.717) is 18.9 Å². The van der Waals surface area contributed by atoms with Gasteiger partial charge >= 0.3 is 5.97 Å². The summed E-state index contributed by atoms with van der Waals surface area (Å²) in [6, 6.07) is 5.62. The zero-order valence-electron chi connectivity index (χ0n) is 12.3. The Balaban J connectivity index is 2.16. The number of amides is 1. The van der Waals surface area contributed by atoms with Gasteiger partial charge in [-0.15, -0.1) is 0 Å². The van der Waals surface area contributed by atoms with Crippen LogP contribution in [0.5, 0.6) is 0 Å². The molecule has 7 heteroatoms. The van der Waals surface area contributed by atoms with E-state index in [2.05, 4.69) is 4.74 Å². The molecule has 120 valence electrons. The van der Waals surface area contributed by atoms with E-state index in [0.717, 1.165) is 0 Å². The van der Waals surface area contributed by atoms with Gasteiger partial charge in [0.15, 0.2) is 6.10 Å². The van der Waals surface area contributed by atoms with E-state index in [-0.39, 0.29) is 25.5 Å². The summed E-state index contributed by atoms with van der Waals surface area (Å²) in [7, 11) is 1.27. The van der Waals surface area contributed by atoms with E-state index >= 15 is 0 Å². The molecule has 22 heavy (non-hydrogen) atoms. The third-order valence-electron chi connectivity index (χ3n) is 3.24. The lowest BCUT2D eigenvalue weighted by atomic mass is 10.2. The summed E-state index contributed by atoms with van der Waals surface area (Å²) in [6.45, 7) is 0.980. The summed E-state index contributed by atoms with van der Waals surface area (Å²) < 4.78 is 28.6. The van der Waals surface area contributed by atoms with Crippen molar-refractivity contribution >= 4 is 17.6 Å². The number of nitrogens with zero attached hydrogens (tertiary/aromatic N) is 1. The van der Waals surface area contributed by atoms with Gasteiger partial charge in [-0.05, 0) is 18.2 Å². The predicted molar refractivity (Wildman–Crippen MR) is 75.9 cm³/mol. The Morgan fingerprint density at radius 1 is 1.41 bits per heavy atom. The van der Waals surface area contributed by atoms with E-state index in [9.17, 15) is 14.0 Å². The number of ether oxygens (including phenoxy) is 3. The van der Waals surface area contributed by atoms with Gasteiger partial charge in [0.05, 0.1) is 33.4 Å². The Labute approximate surface area is 127 Å². The number of hydrogen-bond acceptors (Lipinski definition) is 5. The third kappa shape index (κ3) is 4.25. The van der Waals surface area contributed by atoms with Crippen molar-refractivity contribution in [2.75, 3.05) is 38.4 Å². The van der Waals surface area contributed by atoms with E-state index in [1.54, 1.807) is 6.07 Å². The number of carbonyl (C=O) groups is 2. The lowest BCUT2D eigenvalue weighted by Gasteiger charge is -2.29. The van der Waals surface area contributed by atoms with Crippen molar-refractivity contribution in [2.45, 2.75) is 12.5 Å². The first-order valence-corrected chi connectivity index (χ1v) is 6.95. The fraction of sp³-hybridized carbons (Fsp3) is 0.467. The van der Waals surface area contributed by atoms with Crippen LogP contribution in [0.25, 0.3) is 0 Å². The van der Waals surface area contributed by atoms with Crippen LogP contribution in [0.2, 0.25) is 0 Å². The molecule has 6 nitrogen and oxygen atoms in total. The largest absolute Gasteiger partial charge is 0.469 e. The minimum absolute atomic E-state index is 0.00628. The summed E-state index contributed by atoms with van der Waals surface area (Å²) in [5.41, 5.74) is 0.364. The van der Waals surface area contributed by atoms with Crippen LogP contribution >= 0.6 is 0 Å². The van der Waals surface area contributed by atoms with Crippen LogP contribution in [-0.4, -0.2) is 51.5 Å². The topological polar surface area (TPSA) is 65.1 Å². The number of carbonyl (C=O) groups excluding carboxylic acids is 2. The number of esters is 1. The average molecular weight is 311 g/mol. The van der Waals surface area contributed by atoms with E-state index in [1.165, 1.54) is 30.2 Å². The lowest BCUT2D eigenvalue weighted by Crippen LogP contribution is -2.46. The van der Waals surface area contributed by atoms with Crippen molar-refractivity contribution in [3.8, 4) is 0 Å². The average Bonchev–Trinajstić information content (AvgIpc) is 2.55. The van der Waals surface area contributed by atoms with Gasteiger partial charge in [-0.2, -0.15) is 0 Å². The number of benzene rings is 1. The van der Waals surface area contributed by atoms with Gasteiger partial charge in [-0.3, -0.25) is 9.59 Å². The molecule has 1 saturated heterocycles. The predicted octanol–water partition coefficient (Wildman–Crippen LogP) is 1.14. The molecule has 1 amide bonds. The van der Waals surface area contributed by atoms with Crippen LogP contribution in [0.1, 0.15) is 6.42 Å². The normalized spacial score (nSPS) is 17.8. The molecule has 1 atom stereocenters. The zero-order valence-corrected chi connectivity index (χ0v) is 12.3. The molecule has 0 spiro atoms. The van der Waals surface area contributed by atoms with Crippen molar-refractivity contribution in [1.29, 1.82) is 0 Å². The second-order valence-corrected chi connectivity index (χ2v) is 4.73. The number of anilines is 1. The van der Waals surface area contributed by atoms with Crippen LogP contribution in [0, 0.1) is 5.82 Å². The smallest absolute Gasteiger partial charge is 0.307 e. The maximum Gasteiger partial charge on any atom is 0.307 e. The van der Waals surface area contributed by atoms with Crippen molar-refractivity contribution in [2.24, 2.45) is 0 Å². The Morgan fingerprint density at radius 3 is 2.86 bits per heavy atom. The van der Waals surface area contributed by atoms with Crippen molar-refractivity contribution in [3.63, 3.8) is 0 Å². The Morgan fingerprint density at radius 2 is 2.23 bits per heavy atom. The van der Waals surface area contributed by atoms with Crippen LogP contribution in [0.15, 0.2) is 24.3 Å². The molecule has 0 saturated carbocycles. The summed E-state index contributed by atoms with van der Waals surface area (Å²) in [5.74, 6) is -1.28. The molecule has 0 aromatic heterocycles. The maximum absolute atomic E-state index is 13.4. The Hall–Kier alpha value is -1.99. The summed E-state index contributed by atoms with van der Waals surface area (Å²) >= 11 is 0.